The summed E-state index contributed by atoms with van der Waals surface area (Å²) in [4.78, 5) is 42.7. The van der Waals surface area contributed by atoms with Crippen molar-refractivity contribution in [1.82, 2.24) is 9.80 Å². The lowest BCUT2D eigenvalue weighted by Gasteiger charge is -2.27. The van der Waals surface area contributed by atoms with Crippen LogP contribution in [0.1, 0.15) is 86.6 Å². The molecule has 0 fully saturated rings. The summed E-state index contributed by atoms with van der Waals surface area (Å²) in [5.74, 6) is -0.480. The molecule has 8 heteroatoms. The normalized spacial score (nSPS) is 16.6. The molecule has 6 rings (SSSR count). The number of nitrogens with one attached hydrogen (secondary N) is 2. The second kappa shape index (κ2) is 16.7. The summed E-state index contributed by atoms with van der Waals surface area (Å²) < 4.78 is 6.56. The van der Waals surface area contributed by atoms with Gasteiger partial charge in [0.2, 0.25) is 0 Å². The van der Waals surface area contributed by atoms with Crippen molar-refractivity contribution in [3.63, 3.8) is 0 Å². The van der Waals surface area contributed by atoms with Crippen LogP contribution in [0.25, 0.3) is 11.1 Å². The van der Waals surface area contributed by atoms with Gasteiger partial charge in [0.1, 0.15) is 0 Å². The van der Waals surface area contributed by atoms with Gasteiger partial charge in [0.05, 0.1) is 17.9 Å². The lowest BCUT2D eigenvalue weighted by molar-refractivity contribution is 0.0299. The highest BCUT2D eigenvalue weighted by Gasteiger charge is 2.43. The average molecular weight is 747 g/mol. The summed E-state index contributed by atoms with van der Waals surface area (Å²) in [6, 6.07) is 38.9. The molecule has 5 aromatic rings. The summed E-state index contributed by atoms with van der Waals surface area (Å²) >= 11 is 0. The molecule has 2 unspecified atom stereocenters. The van der Waals surface area contributed by atoms with Crippen molar-refractivity contribution < 1.29 is 19.1 Å². The summed E-state index contributed by atoms with van der Waals surface area (Å²) in [7, 11) is 8.09. The number of carbonyl (C=O) groups is 3. The van der Waals surface area contributed by atoms with E-state index in [9.17, 15) is 14.4 Å². The quantitative estimate of drug-likeness (QED) is 0.0661. The van der Waals surface area contributed by atoms with Gasteiger partial charge in [-0.05, 0) is 132 Å². The zero-order valence-electron chi connectivity index (χ0n) is 33.4. The van der Waals surface area contributed by atoms with Gasteiger partial charge in [-0.25, -0.2) is 4.79 Å². The molecule has 0 aromatic heterocycles. The Kier molecular flexibility index (Phi) is 11.8. The van der Waals surface area contributed by atoms with Crippen molar-refractivity contribution in [1.29, 1.82) is 0 Å². The van der Waals surface area contributed by atoms with Crippen molar-refractivity contribution in [2.75, 3.05) is 38.8 Å². The number of nitrogens with zero attached hydrogens (tertiary/aromatic N) is 2. The highest BCUT2D eigenvalue weighted by molar-refractivity contribution is 5.98. The molecule has 5 aromatic carbocycles. The number of fused-ring (bicyclic) bond motifs is 1. The van der Waals surface area contributed by atoms with Crippen LogP contribution in [0.4, 0.5) is 11.4 Å². The zero-order valence-corrected chi connectivity index (χ0v) is 33.4. The fourth-order valence-electron chi connectivity index (χ4n) is 6.62. The first-order chi connectivity index (χ1) is 26.7. The van der Waals surface area contributed by atoms with E-state index in [0.717, 1.165) is 44.8 Å². The molecule has 2 atom stereocenters. The summed E-state index contributed by atoms with van der Waals surface area (Å²) in [6.07, 6.45) is 4.26. The zero-order chi connectivity index (χ0) is 40.1. The van der Waals surface area contributed by atoms with Crippen LogP contribution in [0.5, 0.6) is 0 Å². The number of ether oxygens (including phenoxy) is 1. The Morgan fingerprint density at radius 1 is 0.554 bits per heavy atom. The molecular formula is C48H50N4O4. The predicted octanol–water partition coefficient (Wildman–Crippen LogP) is 9.36. The summed E-state index contributed by atoms with van der Waals surface area (Å²) in [6.45, 7) is 7.29. The number of ketones is 2. The predicted molar refractivity (Wildman–Crippen MR) is 227 cm³/mol. The van der Waals surface area contributed by atoms with E-state index in [2.05, 4.69) is 58.5 Å². The monoisotopic (exact) mass is 746 g/mol. The number of rotatable bonds is 14. The molecule has 8 nitrogen and oxygen atoms in total. The van der Waals surface area contributed by atoms with E-state index in [1.54, 1.807) is 19.9 Å². The van der Waals surface area contributed by atoms with Crippen LogP contribution in [0.3, 0.4) is 0 Å². The van der Waals surface area contributed by atoms with Gasteiger partial charge in [-0.3, -0.25) is 19.4 Å². The highest BCUT2D eigenvalue weighted by atomic mass is 16.6. The van der Waals surface area contributed by atoms with Crippen molar-refractivity contribution in [3.05, 3.63) is 178 Å². The molecule has 0 radical (unpaired) electrons. The fourth-order valence-corrected chi connectivity index (χ4v) is 6.62. The third-order valence-electron chi connectivity index (χ3n) is 10.4. The number of benzene rings is 5. The van der Waals surface area contributed by atoms with Gasteiger partial charge in [-0.15, -0.1) is 0 Å². The number of anilines is 2. The topological polar surface area (TPSA) is 91.0 Å². The third kappa shape index (κ3) is 8.73. The van der Waals surface area contributed by atoms with Gasteiger partial charge in [0.15, 0.2) is 17.2 Å². The Hall–Kier alpha value is -6.09. The molecular weight excluding hydrogens is 697 g/mol. The Labute approximate surface area is 330 Å². The first-order valence-corrected chi connectivity index (χ1v) is 18.8. The van der Waals surface area contributed by atoms with Crippen LogP contribution in [-0.2, 0) is 10.3 Å². The number of hydrogen-bond acceptors (Lipinski definition) is 8. The van der Waals surface area contributed by atoms with E-state index in [4.69, 9.17) is 4.74 Å². The number of esters is 1. The van der Waals surface area contributed by atoms with Crippen LogP contribution in [0.2, 0.25) is 0 Å². The maximum atomic E-state index is 13.9. The third-order valence-corrected chi connectivity index (χ3v) is 10.4. The Balaban J connectivity index is 1.60. The Morgan fingerprint density at radius 2 is 0.893 bits per heavy atom. The summed E-state index contributed by atoms with van der Waals surface area (Å²) in [5, 5.41) is 7.04. The largest absolute Gasteiger partial charge is 0.442 e. The van der Waals surface area contributed by atoms with E-state index in [1.807, 2.05) is 131 Å². The number of carbonyl (C=O) groups excluding carboxylic acids is 3. The highest BCUT2D eigenvalue weighted by Crippen LogP contribution is 2.45. The molecule has 1 heterocycles. The number of cyclic esters (lactones) is 1. The second-order valence-corrected chi connectivity index (χ2v) is 14.8. The van der Waals surface area contributed by atoms with Gasteiger partial charge < -0.3 is 15.4 Å². The molecule has 0 bridgehead atoms. The van der Waals surface area contributed by atoms with Crippen LogP contribution >= 0.6 is 0 Å². The molecule has 0 aliphatic carbocycles. The van der Waals surface area contributed by atoms with E-state index in [-0.39, 0.29) is 23.9 Å². The van der Waals surface area contributed by atoms with Crippen molar-refractivity contribution in [2.45, 2.75) is 45.6 Å². The fraction of sp³-hybridized carbons (Fsp3) is 0.229. The maximum Gasteiger partial charge on any atom is 0.340 e. The minimum absolute atomic E-state index is 0.0246. The van der Waals surface area contributed by atoms with Gasteiger partial charge in [-0.1, -0.05) is 91.0 Å². The molecule has 1 aliphatic heterocycles. The van der Waals surface area contributed by atoms with Crippen LogP contribution in [-0.4, -0.2) is 67.9 Å². The van der Waals surface area contributed by atoms with E-state index in [0.29, 0.717) is 22.3 Å². The van der Waals surface area contributed by atoms with Gasteiger partial charge in [-0.2, -0.15) is 0 Å². The maximum absolute atomic E-state index is 13.9. The van der Waals surface area contributed by atoms with E-state index < -0.39 is 11.6 Å². The van der Waals surface area contributed by atoms with Gasteiger partial charge in [0, 0.05) is 28.1 Å². The molecule has 1 aliphatic rings. The van der Waals surface area contributed by atoms with Crippen LogP contribution < -0.4 is 10.6 Å². The molecule has 0 saturated carbocycles. The Morgan fingerprint density at radius 3 is 1.25 bits per heavy atom. The van der Waals surface area contributed by atoms with Crippen molar-refractivity contribution >= 4 is 40.1 Å². The lowest BCUT2D eigenvalue weighted by Crippen LogP contribution is -2.31. The minimum atomic E-state index is -1.36. The number of Topliss-reactive ketones (excluding diaryl/α,β-unsaturated/α-hetero) is 2. The molecule has 0 saturated heterocycles. The molecule has 0 amide bonds. The first-order valence-electron chi connectivity index (χ1n) is 18.8. The van der Waals surface area contributed by atoms with Crippen LogP contribution in [0.15, 0.2) is 133 Å². The summed E-state index contributed by atoms with van der Waals surface area (Å²) in [5.41, 5.74) is 8.08. The smallest absolute Gasteiger partial charge is 0.340 e. The number of hydrogen-bond donors (Lipinski definition) is 2. The van der Waals surface area contributed by atoms with Crippen LogP contribution in [0, 0.1) is 0 Å². The molecule has 56 heavy (non-hydrogen) atoms. The molecule has 286 valence electrons. The first kappa shape index (κ1) is 39.6. The van der Waals surface area contributed by atoms with E-state index in [1.165, 1.54) is 0 Å². The Bertz CT molecular complexity index is 2140. The molecule has 0 spiro atoms. The van der Waals surface area contributed by atoms with Gasteiger partial charge >= 0.3 is 5.97 Å². The molecule has 2 N–H and O–H groups in total. The standard InChI is InChI=1S/C48H50N4O4/c1-31(53)35-13-17-37(18-14-35)44(39-21-25-41(26-22-39)49-33(3)51(5)6)29-48(46-12-10-9-11-43(46)47(55)56-48)30-45(38-19-15-36(16-20-38)32(2)54)40-23-27-42(28-24-40)50-34(4)52(7)8/h9-30,33-34,49-50H,1-8H3/b44-29+,45-30+. The average Bonchev–Trinajstić information content (AvgIpc) is 3.47. The second-order valence-electron chi connectivity index (χ2n) is 14.8. The lowest BCUT2D eigenvalue weighted by atomic mass is 9.83. The van der Waals surface area contributed by atoms with Crippen molar-refractivity contribution in [2.24, 2.45) is 0 Å². The van der Waals surface area contributed by atoms with Gasteiger partial charge in [0.25, 0.3) is 0 Å². The van der Waals surface area contributed by atoms with Crippen molar-refractivity contribution in [3.8, 4) is 0 Å². The SMILES string of the molecule is CC(=O)c1ccc(/C(=C\C2(/C=C(/c3ccc(NC(C)N(C)C)cc3)c3ccc(C(C)=O)cc3)OC(=O)c3ccccc32)c2ccc(NC(C)N(C)C)cc2)cc1. The minimum Gasteiger partial charge on any atom is -0.442 e. The van der Waals surface area contributed by atoms with E-state index >= 15 is 0 Å².